The molecule has 2 aromatic heterocycles. The molecule has 0 unspecified atom stereocenters. The van der Waals surface area contributed by atoms with Gasteiger partial charge in [-0.2, -0.15) is 5.10 Å². The summed E-state index contributed by atoms with van der Waals surface area (Å²) in [6.07, 6.45) is 4.90. The summed E-state index contributed by atoms with van der Waals surface area (Å²) in [7, 11) is 0. The zero-order valence-electron chi connectivity index (χ0n) is 14.2. The Labute approximate surface area is 156 Å². The molecule has 1 fully saturated rings. The van der Waals surface area contributed by atoms with Crippen LogP contribution >= 0.6 is 11.6 Å². The molecule has 3 heterocycles. The van der Waals surface area contributed by atoms with Crippen LogP contribution in [-0.4, -0.2) is 50.2 Å². The van der Waals surface area contributed by atoms with Crippen molar-refractivity contribution >= 4 is 23.2 Å². The summed E-state index contributed by atoms with van der Waals surface area (Å²) in [5.41, 5.74) is 2.98. The Morgan fingerprint density at radius 2 is 2.19 bits per heavy atom. The number of amides is 1. The van der Waals surface area contributed by atoms with Crippen molar-refractivity contribution in [3.05, 3.63) is 64.6 Å². The predicted octanol–water partition coefficient (Wildman–Crippen LogP) is 2.55. The number of halogens is 1. The van der Waals surface area contributed by atoms with Crippen molar-refractivity contribution < 1.29 is 9.90 Å². The van der Waals surface area contributed by atoms with Gasteiger partial charge in [0.1, 0.15) is 0 Å². The van der Waals surface area contributed by atoms with Gasteiger partial charge in [-0.25, -0.2) is 9.50 Å². The number of aliphatic hydroxyl groups excluding tert-OH is 1. The molecule has 6 nitrogen and oxygen atoms in total. The molecule has 1 aromatic carbocycles. The number of nitrogens with zero attached hydrogens (tertiary/aromatic N) is 4. The first-order valence-electron chi connectivity index (χ1n) is 8.64. The molecule has 7 heteroatoms. The smallest absolute Gasteiger partial charge is 0.274 e. The van der Waals surface area contributed by atoms with Gasteiger partial charge in [0.2, 0.25) is 0 Å². The quantitative estimate of drug-likeness (QED) is 0.766. The monoisotopic (exact) mass is 370 g/mol. The molecular formula is C19H19ClN4O2. The lowest BCUT2D eigenvalue weighted by atomic mass is 9.98. The maximum Gasteiger partial charge on any atom is 0.274 e. The third kappa shape index (κ3) is 3.18. The lowest BCUT2D eigenvalue weighted by Crippen LogP contribution is -2.28. The van der Waals surface area contributed by atoms with Crippen LogP contribution in [0.25, 0.3) is 5.65 Å². The van der Waals surface area contributed by atoms with E-state index < -0.39 is 0 Å². The molecule has 1 saturated heterocycles. The maximum atomic E-state index is 12.8. The molecular weight excluding hydrogens is 352 g/mol. The van der Waals surface area contributed by atoms with E-state index in [0.29, 0.717) is 30.9 Å². The van der Waals surface area contributed by atoms with E-state index in [2.05, 4.69) is 10.1 Å². The van der Waals surface area contributed by atoms with Gasteiger partial charge in [0.25, 0.3) is 5.91 Å². The molecule has 4 rings (SSSR count). The summed E-state index contributed by atoms with van der Waals surface area (Å²) in [5.74, 6) is 0.160. The molecule has 0 bridgehead atoms. The van der Waals surface area contributed by atoms with E-state index >= 15 is 0 Å². The van der Waals surface area contributed by atoms with Crippen LogP contribution in [0.1, 0.15) is 34.0 Å². The van der Waals surface area contributed by atoms with Crippen molar-refractivity contribution in [1.82, 2.24) is 19.5 Å². The molecule has 0 radical (unpaired) electrons. The molecule has 3 aromatic rings. The van der Waals surface area contributed by atoms with Gasteiger partial charge in [-0.1, -0.05) is 29.8 Å². The van der Waals surface area contributed by atoms with Gasteiger partial charge in [-0.3, -0.25) is 4.79 Å². The van der Waals surface area contributed by atoms with Crippen molar-refractivity contribution in [2.24, 2.45) is 0 Å². The topological polar surface area (TPSA) is 70.7 Å². The number of carbonyl (C=O) groups is 1. The van der Waals surface area contributed by atoms with E-state index in [-0.39, 0.29) is 18.4 Å². The average molecular weight is 371 g/mol. The Balaban J connectivity index is 1.53. The van der Waals surface area contributed by atoms with Crippen LogP contribution in [0.4, 0.5) is 0 Å². The highest BCUT2D eigenvalue weighted by Crippen LogP contribution is 2.32. The largest absolute Gasteiger partial charge is 0.396 e. The van der Waals surface area contributed by atoms with Gasteiger partial charge in [0.15, 0.2) is 11.3 Å². The predicted molar refractivity (Wildman–Crippen MR) is 98.5 cm³/mol. The minimum absolute atomic E-state index is 0.0530. The molecule has 0 saturated carbocycles. The highest BCUT2D eigenvalue weighted by molar-refractivity contribution is 6.31. The van der Waals surface area contributed by atoms with Crippen molar-refractivity contribution in [1.29, 1.82) is 0 Å². The van der Waals surface area contributed by atoms with Crippen LogP contribution in [0.15, 0.2) is 42.7 Å². The number of rotatable bonds is 4. The van der Waals surface area contributed by atoms with Gasteiger partial charge in [-0.15, -0.1) is 0 Å². The molecule has 1 aliphatic heterocycles. The zero-order chi connectivity index (χ0) is 18.1. The minimum Gasteiger partial charge on any atom is -0.396 e. The van der Waals surface area contributed by atoms with Gasteiger partial charge in [0.05, 0.1) is 0 Å². The second-order valence-corrected chi connectivity index (χ2v) is 6.93. The van der Waals surface area contributed by atoms with E-state index in [1.807, 2.05) is 29.2 Å². The summed E-state index contributed by atoms with van der Waals surface area (Å²) in [6.45, 7) is 1.38. The number of aromatic nitrogens is 3. The Morgan fingerprint density at radius 3 is 3.00 bits per heavy atom. The van der Waals surface area contributed by atoms with E-state index in [0.717, 1.165) is 22.6 Å². The first kappa shape index (κ1) is 17.0. The van der Waals surface area contributed by atoms with Crippen molar-refractivity contribution in [3.63, 3.8) is 0 Å². The van der Waals surface area contributed by atoms with Crippen molar-refractivity contribution in [3.8, 4) is 0 Å². The Bertz CT molecular complexity index is 956. The summed E-state index contributed by atoms with van der Waals surface area (Å²) in [4.78, 5) is 19.0. The number of likely N-dealkylation sites (tertiary alicyclic amines) is 1. The molecule has 0 spiro atoms. The fourth-order valence-corrected chi connectivity index (χ4v) is 3.73. The first-order valence-corrected chi connectivity index (χ1v) is 9.02. The number of benzene rings is 1. The average Bonchev–Trinajstić information content (AvgIpc) is 3.28. The molecule has 1 aliphatic rings. The standard InChI is InChI=1S/C19H19ClN4O2/c20-16-4-2-1-3-15(16)14-5-7-23(12-14)19(26)17-9-18-21-10-13(6-8-25)11-24(18)22-17/h1-4,9-11,14,25H,5-8,12H2/t14-/m1/s1. The fraction of sp³-hybridized carbons (Fsp3) is 0.316. The van der Waals surface area contributed by atoms with Crippen LogP contribution in [0.5, 0.6) is 0 Å². The van der Waals surface area contributed by atoms with Crippen LogP contribution in [-0.2, 0) is 6.42 Å². The third-order valence-corrected chi connectivity index (χ3v) is 5.15. The van der Waals surface area contributed by atoms with Gasteiger partial charge in [0, 0.05) is 49.1 Å². The number of carbonyl (C=O) groups excluding carboxylic acids is 1. The van der Waals surface area contributed by atoms with E-state index in [1.165, 1.54) is 0 Å². The third-order valence-electron chi connectivity index (χ3n) is 4.81. The Kier molecular flexibility index (Phi) is 4.61. The van der Waals surface area contributed by atoms with Gasteiger partial charge in [-0.05, 0) is 30.0 Å². The number of hydrogen-bond acceptors (Lipinski definition) is 4. The van der Waals surface area contributed by atoms with Gasteiger partial charge < -0.3 is 10.0 Å². The molecule has 1 N–H and O–H groups in total. The van der Waals surface area contributed by atoms with Gasteiger partial charge >= 0.3 is 0 Å². The second-order valence-electron chi connectivity index (χ2n) is 6.53. The van der Waals surface area contributed by atoms with Crippen molar-refractivity contribution in [2.75, 3.05) is 19.7 Å². The zero-order valence-corrected chi connectivity index (χ0v) is 14.9. The van der Waals surface area contributed by atoms with E-state index in [1.54, 1.807) is 23.0 Å². The Morgan fingerprint density at radius 1 is 1.35 bits per heavy atom. The molecule has 26 heavy (non-hydrogen) atoms. The van der Waals surface area contributed by atoms with Crippen LogP contribution in [0.2, 0.25) is 5.02 Å². The van der Waals surface area contributed by atoms with Crippen LogP contribution in [0, 0.1) is 0 Å². The SMILES string of the molecule is O=C(c1cc2ncc(CCO)cn2n1)N1CC[C@@H](c2ccccc2Cl)C1. The number of hydrogen-bond donors (Lipinski definition) is 1. The Hall–Kier alpha value is -2.44. The molecule has 1 atom stereocenters. The summed E-state index contributed by atoms with van der Waals surface area (Å²) in [6, 6.07) is 9.51. The van der Waals surface area contributed by atoms with Crippen molar-refractivity contribution in [2.45, 2.75) is 18.8 Å². The van der Waals surface area contributed by atoms with Crippen LogP contribution < -0.4 is 0 Å². The molecule has 134 valence electrons. The normalized spacial score (nSPS) is 17.2. The highest BCUT2D eigenvalue weighted by atomic mass is 35.5. The number of fused-ring (bicyclic) bond motifs is 1. The van der Waals surface area contributed by atoms with E-state index in [4.69, 9.17) is 16.7 Å². The maximum absolute atomic E-state index is 12.8. The summed E-state index contributed by atoms with van der Waals surface area (Å²) >= 11 is 6.30. The second kappa shape index (κ2) is 7.05. The lowest BCUT2D eigenvalue weighted by molar-refractivity contribution is 0.0784. The molecule has 0 aliphatic carbocycles. The molecule has 1 amide bonds. The van der Waals surface area contributed by atoms with Crippen LogP contribution in [0.3, 0.4) is 0 Å². The van der Waals surface area contributed by atoms with E-state index in [9.17, 15) is 4.79 Å². The fourth-order valence-electron chi connectivity index (χ4n) is 3.44. The lowest BCUT2D eigenvalue weighted by Gasteiger charge is -2.16. The summed E-state index contributed by atoms with van der Waals surface area (Å²) in [5, 5.41) is 14.2. The summed E-state index contributed by atoms with van der Waals surface area (Å²) < 4.78 is 1.60. The minimum atomic E-state index is -0.0891. The number of aliphatic hydroxyl groups is 1. The highest BCUT2D eigenvalue weighted by Gasteiger charge is 2.30. The first-order chi connectivity index (χ1) is 12.7.